The van der Waals surface area contributed by atoms with Crippen molar-refractivity contribution >= 4 is 17.7 Å². The molecule has 0 saturated heterocycles. The average molecular weight is 218 g/mol. The highest BCUT2D eigenvalue weighted by Crippen LogP contribution is 2.19. The Labute approximate surface area is 94.4 Å². The molecule has 0 unspecified atom stereocenters. The molecule has 0 fully saturated rings. The van der Waals surface area contributed by atoms with Gasteiger partial charge in [-0.25, -0.2) is 4.79 Å². The van der Waals surface area contributed by atoms with Gasteiger partial charge in [-0.05, 0) is 31.0 Å². The predicted octanol–water partition coefficient (Wildman–Crippen LogP) is 2.10. The van der Waals surface area contributed by atoms with Gasteiger partial charge in [0.15, 0.2) is 0 Å². The molecule has 1 aromatic rings. The van der Waals surface area contributed by atoms with E-state index in [0.29, 0.717) is 17.8 Å². The molecule has 1 aromatic carbocycles. The highest BCUT2D eigenvalue weighted by atomic mass is 16.1. The fourth-order valence-corrected chi connectivity index (χ4v) is 1.26. The molecule has 0 saturated carbocycles. The lowest BCUT2D eigenvalue weighted by atomic mass is 10.1. The van der Waals surface area contributed by atoms with Crippen LogP contribution in [0, 0.1) is 6.92 Å². The minimum Gasteiger partial charge on any atom is -0.352 e. The highest BCUT2D eigenvalue weighted by Gasteiger charge is 2.06. The number of benzene rings is 1. The largest absolute Gasteiger partial charge is 0.352 e. The van der Waals surface area contributed by atoms with E-state index in [9.17, 15) is 9.59 Å². The smallest absolute Gasteiger partial charge is 0.251 e. The molecule has 4 heteroatoms. The molecule has 0 radical (unpaired) electrons. The van der Waals surface area contributed by atoms with Gasteiger partial charge in [-0.1, -0.05) is 13.0 Å². The Morgan fingerprint density at radius 1 is 1.50 bits per heavy atom. The van der Waals surface area contributed by atoms with Crippen LogP contribution in [0.1, 0.15) is 29.3 Å². The summed E-state index contributed by atoms with van der Waals surface area (Å²) in [6.45, 7) is 4.44. The molecule has 0 atom stereocenters. The van der Waals surface area contributed by atoms with Crippen molar-refractivity contribution in [2.24, 2.45) is 4.99 Å². The Kier molecular flexibility index (Phi) is 4.42. The SMILES string of the molecule is CCCNC(=O)c1ccc(C)c(N=C=O)c1. The molecule has 0 heterocycles. The first-order valence-corrected chi connectivity index (χ1v) is 5.15. The van der Waals surface area contributed by atoms with Gasteiger partial charge in [0, 0.05) is 12.1 Å². The average Bonchev–Trinajstić information content (AvgIpc) is 2.29. The van der Waals surface area contributed by atoms with Gasteiger partial charge in [0.05, 0.1) is 5.69 Å². The molecule has 0 aliphatic rings. The third kappa shape index (κ3) is 3.04. The maximum Gasteiger partial charge on any atom is 0.251 e. The summed E-state index contributed by atoms with van der Waals surface area (Å²) < 4.78 is 0. The number of carbonyl (C=O) groups excluding carboxylic acids is 2. The van der Waals surface area contributed by atoms with Crippen molar-refractivity contribution in [1.82, 2.24) is 5.32 Å². The molecule has 0 aromatic heterocycles. The van der Waals surface area contributed by atoms with Crippen LogP contribution in [0.25, 0.3) is 0 Å². The number of carbonyl (C=O) groups is 1. The lowest BCUT2D eigenvalue weighted by molar-refractivity contribution is 0.0953. The molecular formula is C12H14N2O2. The van der Waals surface area contributed by atoms with Gasteiger partial charge in [0.25, 0.3) is 5.91 Å². The van der Waals surface area contributed by atoms with Crippen LogP contribution in [0.2, 0.25) is 0 Å². The van der Waals surface area contributed by atoms with Crippen molar-refractivity contribution in [2.45, 2.75) is 20.3 Å². The van der Waals surface area contributed by atoms with Crippen LogP contribution >= 0.6 is 0 Å². The fourth-order valence-electron chi connectivity index (χ4n) is 1.26. The lowest BCUT2D eigenvalue weighted by Gasteiger charge is -2.05. The lowest BCUT2D eigenvalue weighted by Crippen LogP contribution is -2.23. The van der Waals surface area contributed by atoms with Crippen LogP contribution in [-0.2, 0) is 4.79 Å². The second-order valence-electron chi connectivity index (χ2n) is 3.46. The van der Waals surface area contributed by atoms with Crippen LogP contribution in [0.3, 0.4) is 0 Å². The van der Waals surface area contributed by atoms with Crippen molar-refractivity contribution in [2.75, 3.05) is 6.54 Å². The standard InChI is InChI=1S/C12H14N2O2/c1-3-6-13-12(16)10-5-4-9(2)11(7-10)14-8-15/h4-5,7H,3,6H2,1-2H3,(H,13,16). The Balaban J connectivity index is 2.93. The van der Waals surface area contributed by atoms with Gasteiger partial charge in [0.1, 0.15) is 0 Å². The minimum absolute atomic E-state index is 0.149. The minimum atomic E-state index is -0.149. The molecule has 1 N–H and O–H groups in total. The molecule has 1 amide bonds. The van der Waals surface area contributed by atoms with E-state index in [2.05, 4.69) is 10.3 Å². The number of hydrogen-bond acceptors (Lipinski definition) is 3. The van der Waals surface area contributed by atoms with E-state index in [1.165, 1.54) is 6.08 Å². The first-order chi connectivity index (χ1) is 7.69. The molecule has 0 aliphatic heterocycles. The van der Waals surface area contributed by atoms with Gasteiger partial charge in [0.2, 0.25) is 6.08 Å². The number of isocyanates is 1. The highest BCUT2D eigenvalue weighted by molar-refractivity contribution is 5.95. The monoisotopic (exact) mass is 218 g/mol. The van der Waals surface area contributed by atoms with Gasteiger partial charge >= 0.3 is 0 Å². The molecule has 0 spiro atoms. The summed E-state index contributed by atoms with van der Waals surface area (Å²) in [7, 11) is 0. The second kappa shape index (κ2) is 5.83. The molecule has 1 rings (SSSR count). The van der Waals surface area contributed by atoms with Crippen molar-refractivity contribution in [1.29, 1.82) is 0 Å². The zero-order valence-electron chi connectivity index (χ0n) is 9.41. The van der Waals surface area contributed by atoms with Crippen LogP contribution in [0.4, 0.5) is 5.69 Å². The van der Waals surface area contributed by atoms with E-state index < -0.39 is 0 Å². The Hall–Kier alpha value is -1.93. The molecule has 0 bridgehead atoms. The Bertz CT molecular complexity index is 435. The third-order valence-electron chi connectivity index (χ3n) is 2.17. The maximum absolute atomic E-state index is 11.6. The van der Waals surface area contributed by atoms with Crippen LogP contribution in [-0.4, -0.2) is 18.5 Å². The van der Waals surface area contributed by atoms with Gasteiger partial charge in [-0.2, -0.15) is 4.99 Å². The zero-order chi connectivity index (χ0) is 12.0. The first kappa shape index (κ1) is 12.1. The number of nitrogens with zero attached hydrogens (tertiary/aromatic N) is 1. The maximum atomic E-state index is 11.6. The van der Waals surface area contributed by atoms with Crippen molar-refractivity contribution in [3.05, 3.63) is 29.3 Å². The van der Waals surface area contributed by atoms with Crippen LogP contribution in [0.5, 0.6) is 0 Å². The van der Waals surface area contributed by atoms with Gasteiger partial charge in [-0.3, -0.25) is 4.79 Å². The normalized spacial score (nSPS) is 9.38. The van der Waals surface area contributed by atoms with E-state index >= 15 is 0 Å². The van der Waals surface area contributed by atoms with Crippen molar-refractivity contribution in [3.63, 3.8) is 0 Å². The van der Waals surface area contributed by atoms with E-state index in [-0.39, 0.29) is 5.91 Å². The van der Waals surface area contributed by atoms with Gasteiger partial charge in [-0.15, -0.1) is 0 Å². The number of aliphatic imine (C=N–C) groups is 1. The predicted molar refractivity (Wildman–Crippen MR) is 61.6 cm³/mol. The fraction of sp³-hybridized carbons (Fsp3) is 0.333. The van der Waals surface area contributed by atoms with E-state index in [1.807, 2.05) is 13.8 Å². The molecule has 4 nitrogen and oxygen atoms in total. The number of nitrogens with one attached hydrogen (secondary N) is 1. The van der Waals surface area contributed by atoms with Crippen LogP contribution in [0.15, 0.2) is 23.2 Å². The zero-order valence-corrected chi connectivity index (χ0v) is 9.41. The quantitative estimate of drug-likeness (QED) is 0.621. The number of aryl methyl sites for hydroxylation is 1. The molecular weight excluding hydrogens is 204 g/mol. The number of rotatable bonds is 4. The summed E-state index contributed by atoms with van der Waals surface area (Å²) in [5.41, 5.74) is 1.84. The summed E-state index contributed by atoms with van der Waals surface area (Å²) in [6, 6.07) is 5.06. The third-order valence-corrected chi connectivity index (χ3v) is 2.17. The number of amides is 1. The van der Waals surface area contributed by atoms with Crippen molar-refractivity contribution in [3.8, 4) is 0 Å². The summed E-state index contributed by atoms with van der Waals surface area (Å²) in [5.74, 6) is -0.149. The summed E-state index contributed by atoms with van der Waals surface area (Å²) >= 11 is 0. The molecule has 0 aliphatic carbocycles. The molecule has 16 heavy (non-hydrogen) atoms. The number of hydrogen-bond donors (Lipinski definition) is 1. The molecule has 84 valence electrons. The topological polar surface area (TPSA) is 58.5 Å². The Morgan fingerprint density at radius 3 is 2.88 bits per heavy atom. The summed E-state index contributed by atoms with van der Waals surface area (Å²) in [5, 5.41) is 2.76. The second-order valence-corrected chi connectivity index (χ2v) is 3.46. The van der Waals surface area contributed by atoms with E-state index in [1.54, 1.807) is 18.2 Å². The summed E-state index contributed by atoms with van der Waals surface area (Å²) in [4.78, 5) is 25.4. The Morgan fingerprint density at radius 2 is 2.25 bits per heavy atom. The van der Waals surface area contributed by atoms with Gasteiger partial charge < -0.3 is 5.32 Å². The van der Waals surface area contributed by atoms with Crippen LogP contribution < -0.4 is 5.32 Å². The summed E-state index contributed by atoms with van der Waals surface area (Å²) in [6.07, 6.45) is 2.36. The first-order valence-electron chi connectivity index (χ1n) is 5.15. The van der Waals surface area contributed by atoms with E-state index in [4.69, 9.17) is 0 Å². The van der Waals surface area contributed by atoms with Crippen molar-refractivity contribution < 1.29 is 9.59 Å². The van der Waals surface area contributed by atoms with E-state index in [0.717, 1.165) is 12.0 Å².